The molecule has 0 radical (unpaired) electrons. The molecule has 0 N–H and O–H groups in total. The fourth-order valence-electron chi connectivity index (χ4n) is 12.3. The fraction of sp³-hybridized carbons (Fsp3) is 0.121. The molecule has 13 rings (SSSR count). The van der Waals surface area contributed by atoms with Crippen molar-refractivity contribution in [1.82, 2.24) is 4.57 Å². The van der Waals surface area contributed by atoms with Crippen LogP contribution in [0.5, 0.6) is 0 Å². The van der Waals surface area contributed by atoms with E-state index in [1.54, 1.807) is 0 Å². The lowest BCUT2D eigenvalue weighted by Gasteiger charge is -2.36. The zero-order valence-corrected chi connectivity index (χ0v) is 39.3. The normalized spacial score (nSPS) is 17.9. The number of hydrogen-bond acceptors (Lipinski definition) is 2. The number of para-hydroxylation sites is 1. The minimum atomic E-state index is -0.621. The second-order valence-corrected chi connectivity index (χ2v) is 19.2. The molecule has 9 aromatic rings. The molecule has 2 unspecified atom stereocenters. The Morgan fingerprint density at radius 1 is 0.710 bits per heavy atom. The summed E-state index contributed by atoms with van der Waals surface area (Å²) >= 11 is 0. The zero-order valence-electron chi connectivity index (χ0n) is 39.3. The second kappa shape index (κ2) is 16.0. The first-order chi connectivity index (χ1) is 34.0. The number of aryl methyl sites for hydroxylation is 2. The van der Waals surface area contributed by atoms with Crippen LogP contribution in [-0.4, -0.2) is 4.57 Å². The maximum atomic E-state index is 7.33. The van der Waals surface area contributed by atoms with Crippen molar-refractivity contribution in [3.05, 3.63) is 263 Å². The predicted octanol–water partition coefficient (Wildman–Crippen LogP) is 17.7. The van der Waals surface area contributed by atoms with Crippen LogP contribution in [0.1, 0.15) is 70.5 Å². The molecule has 7 aromatic carbocycles. The van der Waals surface area contributed by atoms with Crippen LogP contribution in [-0.2, 0) is 5.41 Å². The molecule has 69 heavy (non-hydrogen) atoms. The van der Waals surface area contributed by atoms with E-state index in [1.165, 1.54) is 82.7 Å². The summed E-state index contributed by atoms with van der Waals surface area (Å²) in [5.74, 6) is 1.06. The lowest BCUT2D eigenvalue weighted by atomic mass is 9.66. The van der Waals surface area contributed by atoms with E-state index in [-0.39, 0.29) is 12.0 Å². The van der Waals surface area contributed by atoms with Crippen LogP contribution >= 0.6 is 0 Å². The molecule has 2 heterocycles. The molecule has 3 nitrogen and oxygen atoms in total. The molecule has 0 saturated carbocycles. The number of hydrogen-bond donors (Lipinski definition) is 0. The fourth-order valence-corrected chi connectivity index (χ4v) is 12.3. The quantitative estimate of drug-likeness (QED) is 0.152. The molecule has 0 bridgehead atoms. The Kier molecular flexibility index (Phi) is 9.52. The first kappa shape index (κ1) is 41.1. The van der Waals surface area contributed by atoms with E-state index in [2.05, 4.69) is 243 Å². The summed E-state index contributed by atoms with van der Waals surface area (Å²) in [5, 5.41) is 5.89. The lowest BCUT2D eigenvalue weighted by Crippen LogP contribution is -2.30. The van der Waals surface area contributed by atoms with Crippen LogP contribution in [0.15, 0.2) is 222 Å². The van der Waals surface area contributed by atoms with E-state index >= 15 is 0 Å². The van der Waals surface area contributed by atoms with Crippen molar-refractivity contribution in [3.8, 4) is 0 Å². The molecule has 0 amide bonds. The molecule has 0 fully saturated rings. The van der Waals surface area contributed by atoms with Gasteiger partial charge in [0.05, 0.1) is 22.5 Å². The van der Waals surface area contributed by atoms with Gasteiger partial charge in [0.1, 0.15) is 11.3 Å². The Labute approximate surface area is 404 Å². The summed E-state index contributed by atoms with van der Waals surface area (Å²) in [7, 11) is 0. The number of nitrogens with zero attached hydrogens (tertiary/aromatic N) is 2. The van der Waals surface area contributed by atoms with Crippen molar-refractivity contribution in [3.63, 3.8) is 0 Å². The Bertz CT molecular complexity index is 3790. The van der Waals surface area contributed by atoms with Gasteiger partial charge in [-0.05, 0) is 126 Å². The van der Waals surface area contributed by atoms with Crippen molar-refractivity contribution in [2.24, 2.45) is 5.92 Å². The Balaban J connectivity index is 1.15. The molecule has 332 valence electrons. The number of allylic oxidation sites excluding steroid dienone is 13. The van der Waals surface area contributed by atoms with E-state index in [4.69, 9.17) is 4.42 Å². The van der Waals surface area contributed by atoms with E-state index < -0.39 is 5.41 Å². The van der Waals surface area contributed by atoms with Gasteiger partial charge < -0.3 is 13.9 Å². The van der Waals surface area contributed by atoms with Gasteiger partial charge in [-0.25, -0.2) is 0 Å². The van der Waals surface area contributed by atoms with E-state index in [9.17, 15) is 0 Å². The average Bonchev–Trinajstić information content (AvgIpc) is 4.03. The standard InChI is InChI=1S/C66H52N2O/c1-5-16-62-51(6-2)64-61(41-57-63(65(64)69-62)54-23-11-13-24-56(54)66(57,47-32-27-42(3)28-33-47)48-34-29-43(4)30-35-48)67(49-36-31-44-17-7-8-19-46(44)39-49)50-37-38-60-55(40-50)53-22-12-14-25-59(53)68(60)58-26-15-20-45-18-9-10-21-52(45)58/h5-10,12-22,24-41,52,58H,2,11,23H2,1,3-4H3/b16-5-. The molecule has 0 aliphatic heterocycles. The lowest BCUT2D eigenvalue weighted by molar-refractivity contribution is 0.534. The van der Waals surface area contributed by atoms with E-state index in [0.717, 1.165) is 52.2 Å². The topological polar surface area (TPSA) is 21.3 Å². The number of furan rings is 1. The summed E-state index contributed by atoms with van der Waals surface area (Å²) in [6, 6.07) is 52.8. The van der Waals surface area contributed by atoms with Crippen LogP contribution in [0.3, 0.4) is 0 Å². The first-order valence-electron chi connectivity index (χ1n) is 24.4. The number of fused-ring (bicyclic) bond motifs is 9. The molecule has 0 saturated heterocycles. The first-order valence-corrected chi connectivity index (χ1v) is 24.4. The highest BCUT2D eigenvalue weighted by molar-refractivity contribution is 6.13. The van der Waals surface area contributed by atoms with Gasteiger partial charge in [0.15, 0.2) is 0 Å². The molecule has 2 aromatic heterocycles. The largest absolute Gasteiger partial charge is 0.455 e. The highest BCUT2D eigenvalue weighted by atomic mass is 16.3. The summed E-state index contributed by atoms with van der Waals surface area (Å²) in [6.45, 7) is 10.9. The molecule has 0 spiro atoms. The zero-order chi connectivity index (χ0) is 46.4. The molecule has 3 heteroatoms. The maximum absolute atomic E-state index is 7.33. The van der Waals surface area contributed by atoms with Gasteiger partial charge in [-0.3, -0.25) is 0 Å². The molecular formula is C66H52N2O. The van der Waals surface area contributed by atoms with E-state index in [0.29, 0.717) is 0 Å². The van der Waals surface area contributed by atoms with Crippen molar-refractivity contribution in [2.45, 2.75) is 45.1 Å². The Morgan fingerprint density at radius 2 is 1.43 bits per heavy atom. The minimum absolute atomic E-state index is 0.128. The van der Waals surface area contributed by atoms with Crippen molar-refractivity contribution in [1.29, 1.82) is 0 Å². The number of benzene rings is 7. The van der Waals surface area contributed by atoms with Gasteiger partial charge in [-0.1, -0.05) is 182 Å². The number of aromatic nitrogens is 1. The van der Waals surface area contributed by atoms with Crippen LogP contribution < -0.4 is 4.90 Å². The summed E-state index contributed by atoms with van der Waals surface area (Å²) in [4.78, 5) is 2.50. The van der Waals surface area contributed by atoms with Gasteiger partial charge in [0.25, 0.3) is 0 Å². The molecular weight excluding hydrogens is 837 g/mol. The van der Waals surface area contributed by atoms with Gasteiger partial charge in [-0.2, -0.15) is 0 Å². The third kappa shape index (κ3) is 6.13. The van der Waals surface area contributed by atoms with Crippen LogP contribution in [0, 0.1) is 19.8 Å². The van der Waals surface area contributed by atoms with E-state index in [1.807, 2.05) is 6.08 Å². The predicted molar refractivity (Wildman–Crippen MR) is 292 cm³/mol. The van der Waals surface area contributed by atoms with Crippen molar-refractivity contribution >= 4 is 78.3 Å². The van der Waals surface area contributed by atoms with Crippen LogP contribution in [0.25, 0.3) is 61.3 Å². The second-order valence-electron chi connectivity index (χ2n) is 19.2. The Morgan fingerprint density at radius 3 is 2.22 bits per heavy atom. The van der Waals surface area contributed by atoms with Crippen LogP contribution in [0.4, 0.5) is 17.1 Å². The summed E-state index contributed by atoms with van der Waals surface area (Å²) < 4.78 is 9.90. The molecule has 4 aliphatic rings. The minimum Gasteiger partial charge on any atom is -0.455 e. The molecule has 4 aliphatic carbocycles. The van der Waals surface area contributed by atoms with Gasteiger partial charge in [0, 0.05) is 50.2 Å². The van der Waals surface area contributed by atoms with Crippen molar-refractivity contribution in [2.75, 3.05) is 4.90 Å². The Hall–Kier alpha value is -8.14. The molecule has 2 atom stereocenters. The summed E-state index contributed by atoms with van der Waals surface area (Å²) in [6.07, 6.45) is 28.7. The van der Waals surface area contributed by atoms with Crippen molar-refractivity contribution < 1.29 is 4.42 Å². The van der Waals surface area contributed by atoms with Crippen LogP contribution in [0.2, 0.25) is 0 Å². The summed E-state index contributed by atoms with van der Waals surface area (Å²) in [5.41, 5.74) is 18.3. The van der Waals surface area contributed by atoms with Gasteiger partial charge >= 0.3 is 0 Å². The third-order valence-corrected chi connectivity index (χ3v) is 15.3. The number of anilines is 3. The maximum Gasteiger partial charge on any atom is 0.145 e. The highest BCUT2D eigenvalue weighted by Gasteiger charge is 2.49. The highest BCUT2D eigenvalue weighted by Crippen LogP contribution is 2.61. The van der Waals surface area contributed by atoms with Gasteiger partial charge in [0.2, 0.25) is 0 Å². The smallest absolute Gasteiger partial charge is 0.145 e. The third-order valence-electron chi connectivity index (χ3n) is 15.3. The van der Waals surface area contributed by atoms with Gasteiger partial charge in [-0.15, -0.1) is 0 Å². The number of rotatable bonds is 8. The average molecular weight is 889 g/mol. The SMILES string of the molecule is C=Cc1c(/C=C\C)oc2c3c(cc(N(c4ccc5ccccc5c4)c4ccc5c(c4)c4ccccc4n5C4C=CC=C5C=CC=CC54)c12)C(c1ccc(C)cc1)(c1ccc(C)cc1)C1=C3CCC=C1. The monoisotopic (exact) mass is 888 g/mol.